The molecule has 3 rings (SSSR count). The average Bonchev–Trinajstić information content (AvgIpc) is 2.87. The Morgan fingerprint density at radius 2 is 2.45 bits per heavy atom. The molecule has 2 heterocycles. The van der Waals surface area contributed by atoms with E-state index in [4.69, 9.17) is 4.74 Å². The zero-order valence-corrected chi connectivity index (χ0v) is 10.8. The minimum atomic E-state index is -0.467. The number of rotatable bonds is 3. The lowest BCUT2D eigenvalue weighted by Gasteiger charge is -2.22. The first-order valence-corrected chi connectivity index (χ1v) is 6.46. The van der Waals surface area contributed by atoms with Gasteiger partial charge in [0.2, 0.25) is 0 Å². The summed E-state index contributed by atoms with van der Waals surface area (Å²) in [5.74, 6) is 0.0879. The number of halogens is 1. The molecule has 0 bridgehead atoms. The van der Waals surface area contributed by atoms with Gasteiger partial charge in [-0.05, 0) is 18.2 Å². The van der Waals surface area contributed by atoms with E-state index < -0.39 is 6.10 Å². The molecule has 0 aliphatic carbocycles. The Bertz CT molecular complexity index is 622. The summed E-state index contributed by atoms with van der Waals surface area (Å²) in [6, 6.07) is 4.33. The van der Waals surface area contributed by atoms with Gasteiger partial charge in [-0.15, -0.1) is 0 Å². The van der Waals surface area contributed by atoms with Gasteiger partial charge in [0.1, 0.15) is 17.7 Å². The highest BCUT2D eigenvalue weighted by Crippen LogP contribution is 2.12. The second-order valence-electron chi connectivity index (χ2n) is 4.63. The second kappa shape index (κ2) is 5.56. The van der Waals surface area contributed by atoms with E-state index in [1.165, 1.54) is 12.1 Å². The lowest BCUT2D eigenvalue weighted by Crippen LogP contribution is -2.47. The number of amides is 1. The van der Waals surface area contributed by atoms with E-state index in [2.05, 4.69) is 20.6 Å². The highest BCUT2D eigenvalue weighted by atomic mass is 19.1. The lowest BCUT2D eigenvalue weighted by molar-refractivity contribution is -0.134. The molecular formula is C13H15FN4O2. The SMILES string of the molecule is O=C(NCc1nc2ccc(F)cc2[nH]1)C1CNCCO1. The smallest absolute Gasteiger partial charge is 0.250 e. The minimum Gasteiger partial charge on any atom is -0.366 e. The van der Waals surface area contributed by atoms with Gasteiger partial charge in [-0.1, -0.05) is 0 Å². The van der Waals surface area contributed by atoms with Crippen molar-refractivity contribution in [2.24, 2.45) is 0 Å². The Labute approximate surface area is 114 Å². The fourth-order valence-corrected chi connectivity index (χ4v) is 2.14. The maximum Gasteiger partial charge on any atom is 0.250 e. The van der Waals surface area contributed by atoms with Gasteiger partial charge in [0.25, 0.3) is 5.91 Å². The van der Waals surface area contributed by atoms with Crippen LogP contribution >= 0.6 is 0 Å². The van der Waals surface area contributed by atoms with Crippen molar-refractivity contribution in [2.75, 3.05) is 19.7 Å². The van der Waals surface area contributed by atoms with Crippen LogP contribution in [0.2, 0.25) is 0 Å². The molecule has 20 heavy (non-hydrogen) atoms. The molecule has 1 fully saturated rings. The van der Waals surface area contributed by atoms with Crippen molar-refractivity contribution in [2.45, 2.75) is 12.6 Å². The molecule has 1 saturated heterocycles. The summed E-state index contributed by atoms with van der Waals surface area (Å²) in [5, 5.41) is 5.84. The van der Waals surface area contributed by atoms with Crippen LogP contribution in [-0.4, -0.2) is 41.7 Å². The second-order valence-corrected chi connectivity index (χ2v) is 4.63. The first-order valence-electron chi connectivity index (χ1n) is 6.46. The van der Waals surface area contributed by atoms with Crippen molar-refractivity contribution in [3.8, 4) is 0 Å². The van der Waals surface area contributed by atoms with Crippen LogP contribution in [0.4, 0.5) is 4.39 Å². The summed E-state index contributed by atoms with van der Waals surface area (Å²) >= 11 is 0. The number of carbonyl (C=O) groups is 1. The van der Waals surface area contributed by atoms with E-state index in [0.29, 0.717) is 30.0 Å². The van der Waals surface area contributed by atoms with E-state index >= 15 is 0 Å². The summed E-state index contributed by atoms with van der Waals surface area (Å²) < 4.78 is 18.4. The molecular weight excluding hydrogens is 263 g/mol. The molecule has 1 aliphatic rings. The van der Waals surface area contributed by atoms with Crippen molar-refractivity contribution in [3.63, 3.8) is 0 Å². The lowest BCUT2D eigenvalue weighted by atomic mass is 10.3. The summed E-state index contributed by atoms with van der Waals surface area (Å²) in [6.07, 6.45) is -0.467. The van der Waals surface area contributed by atoms with Gasteiger partial charge in [-0.25, -0.2) is 9.37 Å². The van der Waals surface area contributed by atoms with Crippen LogP contribution in [0.1, 0.15) is 5.82 Å². The van der Waals surface area contributed by atoms with Crippen LogP contribution in [0.3, 0.4) is 0 Å². The number of benzene rings is 1. The summed E-state index contributed by atoms with van der Waals surface area (Å²) in [6.45, 7) is 2.06. The number of carbonyl (C=O) groups excluding carboxylic acids is 1. The predicted octanol–water partition coefficient (Wildman–Crippen LogP) is 0.307. The molecule has 7 heteroatoms. The molecule has 106 valence electrons. The van der Waals surface area contributed by atoms with E-state index in [0.717, 1.165) is 6.54 Å². The van der Waals surface area contributed by atoms with Crippen LogP contribution in [0.5, 0.6) is 0 Å². The van der Waals surface area contributed by atoms with E-state index in [-0.39, 0.29) is 18.3 Å². The van der Waals surface area contributed by atoms with Crippen LogP contribution in [-0.2, 0) is 16.1 Å². The van der Waals surface area contributed by atoms with Crippen molar-refractivity contribution in [3.05, 3.63) is 29.8 Å². The van der Waals surface area contributed by atoms with Crippen molar-refractivity contribution in [1.82, 2.24) is 20.6 Å². The van der Waals surface area contributed by atoms with Gasteiger partial charge in [-0.2, -0.15) is 0 Å². The number of ether oxygens (including phenoxy) is 1. The Hall–Kier alpha value is -1.99. The largest absolute Gasteiger partial charge is 0.366 e. The first-order chi connectivity index (χ1) is 9.72. The average molecular weight is 278 g/mol. The van der Waals surface area contributed by atoms with Gasteiger partial charge in [-0.3, -0.25) is 4.79 Å². The number of nitrogens with zero attached hydrogens (tertiary/aromatic N) is 1. The maximum atomic E-state index is 13.1. The van der Waals surface area contributed by atoms with Crippen LogP contribution in [0.15, 0.2) is 18.2 Å². The Kier molecular flexibility index (Phi) is 3.62. The van der Waals surface area contributed by atoms with E-state index in [1.807, 2.05) is 0 Å². The fourth-order valence-electron chi connectivity index (χ4n) is 2.14. The molecule has 1 aromatic heterocycles. The zero-order valence-electron chi connectivity index (χ0n) is 10.8. The Morgan fingerprint density at radius 3 is 3.25 bits per heavy atom. The fraction of sp³-hybridized carbons (Fsp3) is 0.385. The highest BCUT2D eigenvalue weighted by molar-refractivity contribution is 5.81. The standard InChI is InChI=1S/C13H15FN4O2/c14-8-1-2-9-10(5-8)18-12(17-9)7-16-13(19)11-6-15-3-4-20-11/h1-2,5,11,15H,3-4,6-7H2,(H,16,19)(H,17,18). The number of aromatic amines is 1. The predicted molar refractivity (Wildman–Crippen MR) is 70.5 cm³/mol. The monoisotopic (exact) mass is 278 g/mol. The third-order valence-corrected chi connectivity index (χ3v) is 3.14. The highest BCUT2D eigenvalue weighted by Gasteiger charge is 2.21. The molecule has 0 spiro atoms. The van der Waals surface area contributed by atoms with Crippen LogP contribution in [0, 0.1) is 5.82 Å². The summed E-state index contributed by atoms with van der Waals surface area (Å²) in [7, 11) is 0. The quantitative estimate of drug-likeness (QED) is 0.755. The van der Waals surface area contributed by atoms with Gasteiger partial charge >= 0.3 is 0 Å². The van der Waals surface area contributed by atoms with Gasteiger partial charge in [0.15, 0.2) is 0 Å². The molecule has 0 radical (unpaired) electrons. The first kappa shape index (κ1) is 13.0. The third kappa shape index (κ3) is 2.78. The molecule has 1 amide bonds. The maximum absolute atomic E-state index is 13.1. The van der Waals surface area contributed by atoms with Gasteiger partial charge in [0, 0.05) is 13.1 Å². The van der Waals surface area contributed by atoms with Crippen LogP contribution < -0.4 is 10.6 Å². The minimum absolute atomic E-state index is 0.177. The van der Waals surface area contributed by atoms with Gasteiger partial charge in [0.05, 0.1) is 24.2 Å². The number of fused-ring (bicyclic) bond motifs is 1. The zero-order chi connectivity index (χ0) is 13.9. The number of hydrogen-bond donors (Lipinski definition) is 3. The number of hydrogen-bond acceptors (Lipinski definition) is 4. The normalized spacial score (nSPS) is 19.1. The molecule has 3 N–H and O–H groups in total. The summed E-state index contributed by atoms with van der Waals surface area (Å²) in [5.41, 5.74) is 1.29. The molecule has 6 nitrogen and oxygen atoms in total. The van der Waals surface area contributed by atoms with Crippen molar-refractivity contribution in [1.29, 1.82) is 0 Å². The van der Waals surface area contributed by atoms with Crippen molar-refractivity contribution < 1.29 is 13.9 Å². The number of aromatic nitrogens is 2. The number of H-pyrrole nitrogens is 1. The van der Waals surface area contributed by atoms with E-state index in [9.17, 15) is 9.18 Å². The van der Waals surface area contributed by atoms with E-state index in [1.54, 1.807) is 6.07 Å². The molecule has 1 unspecified atom stereocenters. The van der Waals surface area contributed by atoms with Crippen LogP contribution in [0.25, 0.3) is 11.0 Å². The molecule has 1 atom stereocenters. The Morgan fingerprint density at radius 1 is 1.55 bits per heavy atom. The number of imidazole rings is 1. The molecule has 1 aromatic carbocycles. The topological polar surface area (TPSA) is 79.0 Å². The number of morpholine rings is 1. The summed E-state index contributed by atoms with van der Waals surface area (Å²) in [4.78, 5) is 19.1. The van der Waals surface area contributed by atoms with Gasteiger partial charge < -0.3 is 20.4 Å². The molecule has 2 aromatic rings. The Balaban J connectivity index is 1.63. The number of nitrogens with one attached hydrogen (secondary N) is 3. The molecule has 0 saturated carbocycles. The third-order valence-electron chi connectivity index (χ3n) is 3.14. The van der Waals surface area contributed by atoms with Crippen molar-refractivity contribution >= 4 is 16.9 Å². The molecule has 1 aliphatic heterocycles.